The Bertz CT molecular complexity index is 836. The molecule has 0 aliphatic carbocycles. The van der Waals surface area contributed by atoms with Crippen LogP contribution in [0.3, 0.4) is 0 Å². The summed E-state index contributed by atoms with van der Waals surface area (Å²) < 4.78 is 45.3. The van der Waals surface area contributed by atoms with E-state index in [1.54, 1.807) is 0 Å². The zero-order valence-electron chi connectivity index (χ0n) is 14.6. The van der Waals surface area contributed by atoms with Gasteiger partial charge in [0, 0.05) is 6.54 Å². The number of methoxy groups -OCH3 is 1. The first kappa shape index (κ1) is 19.7. The molecule has 0 fully saturated rings. The van der Waals surface area contributed by atoms with Gasteiger partial charge in [0.1, 0.15) is 18.1 Å². The van der Waals surface area contributed by atoms with E-state index in [1.165, 1.54) is 43.5 Å². The Hall–Kier alpha value is -2.61. The number of benzene rings is 2. The second-order valence-corrected chi connectivity index (χ2v) is 7.38. The van der Waals surface area contributed by atoms with E-state index in [0.717, 1.165) is 22.9 Å². The van der Waals surface area contributed by atoms with Crippen molar-refractivity contribution in [2.75, 3.05) is 24.5 Å². The number of carbonyl (C=O) groups excluding carboxylic acids is 1. The van der Waals surface area contributed by atoms with Crippen molar-refractivity contribution in [3.63, 3.8) is 0 Å². The zero-order valence-corrected chi connectivity index (χ0v) is 15.4. The molecule has 6 nitrogen and oxygen atoms in total. The van der Waals surface area contributed by atoms with Crippen LogP contribution < -0.4 is 14.4 Å². The van der Waals surface area contributed by atoms with Gasteiger partial charge >= 0.3 is 0 Å². The molecule has 0 atom stereocenters. The van der Waals surface area contributed by atoms with E-state index < -0.39 is 28.3 Å². The second-order valence-electron chi connectivity index (χ2n) is 5.51. The summed E-state index contributed by atoms with van der Waals surface area (Å²) >= 11 is 0. The van der Waals surface area contributed by atoms with E-state index in [9.17, 15) is 17.6 Å². The minimum atomic E-state index is -4.02. The van der Waals surface area contributed by atoms with Gasteiger partial charge in [-0.3, -0.25) is 9.10 Å². The molecule has 0 unspecified atom stereocenters. The van der Waals surface area contributed by atoms with Gasteiger partial charge in [-0.15, -0.1) is 0 Å². The van der Waals surface area contributed by atoms with Crippen LogP contribution in [0, 0.1) is 5.82 Å². The molecule has 0 saturated carbocycles. The van der Waals surface area contributed by atoms with Crippen LogP contribution in [0.1, 0.15) is 13.3 Å². The predicted molar refractivity (Wildman–Crippen MR) is 97.2 cm³/mol. The summed E-state index contributed by atoms with van der Waals surface area (Å²) in [4.78, 5) is 12.1. The molecule has 2 rings (SSSR count). The van der Waals surface area contributed by atoms with Gasteiger partial charge in [0.25, 0.3) is 10.0 Å². The number of hydrogen-bond donors (Lipinski definition) is 1. The van der Waals surface area contributed by atoms with Gasteiger partial charge < -0.3 is 10.1 Å². The normalized spacial score (nSPS) is 11.0. The Balaban J connectivity index is 2.40. The Morgan fingerprint density at radius 1 is 1.12 bits per heavy atom. The third-order valence-corrected chi connectivity index (χ3v) is 5.41. The van der Waals surface area contributed by atoms with E-state index in [-0.39, 0.29) is 10.6 Å². The van der Waals surface area contributed by atoms with Crippen molar-refractivity contribution in [3.05, 3.63) is 54.3 Å². The summed E-state index contributed by atoms with van der Waals surface area (Å²) in [5.41, 5.74) is 0.203. The number of halogens is 1. The van der Waals surface area contributed by atoms with Gasteiger partial charge in [-0.1, -0.05) is 6.92 Å². The van der Waals surface area contributed by atoms with Gasteiger partial charge in [0.15, 0.2) is 0 Å². The maximum Gasteiger partial charge on any atom is 0.264 e. The first-order valence-electron chi connectivity index (χ1n) is 8.07. The van der Waals surface area contributed by atoms with Crippen molar-refractivity contribution in [3.8, 4) is 5.75 Å². The molecule has 0 bridgehead atoms. The summed E-state index contributed by atoms with van der Waals surface area (Å²) in [5, 5.41) is 2.65. The number of anilines is 1. The van der Waals surface area contributed by atoms with Crippen molar-refractivity contribution >= 4 is 21.6 Å². The first-order valence-corrected chi connectivity index (χ1v) is 9.51. The van der Waals surface area contributed by atoms with Crippen molar-refractivity contribution in [2.24, 2.45) is 0 Å². The highest BCUT2D eigenvalue weighted by Crippen LogP contribution is 2.25. The minimum Gasteiger partial charge on any atom is -0.497 e. The van der Waals surface area contributed by atoms with Crippen LogP contribution in [-0.4, -0.2) is 34.5 Å². The molecular formula is C18H21FN2O4S. The van der Waals surface area contributed by atoms with Crippen LogP contribution in [0.5, 0.6) is 5.75 Å². The molecular weight excluding hydrogens is 359 g/mol. The van der Waals surface area contributed by atoms with Crippen molar-refractivity contribution in [1.29, 1.82) is 0 Å². The number of ether oxygens (including phenoxy) is 1. The molecule has 0 saturated heterocycles. The van der Waals surface area contributed by atoms with E-state index in [0.29, 0.717) is 12.3 Å². The quantitative estimate of drug-likeness (QED) is 0.764. The molecule has 0 spiro atoms. The van der Waals surface area contributed by atoms with Crippen LogP contribution in [0.25, 0.3) is 0 Å². The number of amides is 1. The van der Waals surface area contributed by atoms with E-state index in [1.807, 2.05) is 6.92 Å². The van der Waals surface area contributed by atoms with E-state index in [2.05, 4.69) is 5.32 Å². The molecule has 1 amide bonds. The SMILES string of the molecule is CCCNC(=O)CN(c1ccc(F)cc1)S(=O)(=O)c1ccc(OC)cc1. The average Bonchev–Trinajstić information content (AvgIpc) is 2.65. The molecule has 1 N–H and O–H groups in total. The highest BCUT2D eigenvalue weighted by atomic mass is 32.2. The fourth-order valence-corrected chi connectivity index (χ4v) is 3.67. The first-order chi connectivity index (χ1) is 12.4. The number of nitrogens with one attached hydrogen (secondary N) is 1. The lowest BCUT2D eigenvalue weighted by Gasteiger charge is -2.24. The van der Waals surface area contributed by atoms with E-state index >= 15 is 0 Å². The Kier molecular flexibility index (Phi) is 6.57. The topological polar surface area (TPSA) is 75.7 Å². The summed E-state index contributed by atoms with van der Waals surface area (Å²) in [5.74, 6) is -0.419. The summed E-state index contributed by atoms with van der Waals surface area (Å²) in [6.45, 7) is 1.94. The third kappa shape index (κ3) is 4.72. The van der Waals surface area contributed by atoms with Crippen molar-refractivity contribution < 1.29 is 22.3 Å². The lowest BCUT2D eigenvalue weighted by atomic mass is 10.3. The fourth-order valence-electron chi connectivity index (χ4n) is 2.25. The van der Waals surface area contributed by atoms with Crippen LogP contribution >= 0.6 is 0 Å². The average molecular weight is 380 g/mol. The molecule has 2 aromatic rings. The van der Waals surface area contributed by atoms with Gasteiger partial charge in [-0.2, -0.15) is 0 Å². The molecule has 0 radical (unpaired) electrons. The number of sulfonamides is 1. The molecule has 0 heterocycles. The molecule has 0 aliphatic heterocycles. The fraction of sp³-hybridized carbons (Fsp3) is 0.278. The van der Waals surface area contributed by atoms with Crippen LogP contribution in [-0.2, 0) is 14.8 Å². The number of rotatable bonds is 8. The lowest BCUT2D eigenvalue weighted by molar-refractivity contribution is -0.119. The Morgan fingerprint density at radius 3 is 2.27 bits per heavy atom. The number of carbonyl (C=O) groups is 1. The molecule has 26 heavy (non-hydrogen) atoms. The van der Waals surface area contributed by atoms with Gasteiger partial charge in [-0.05, 0) is 55.0 Å². The highest BCUT2D eigenvalue weighted by molar-refractivity contribution is 7.92. The number of nitrogens with zero attached hydrogens (tertiary/aromatic N) is 1. The summed E-state index contributed by atoms with van der Waals surface area (Å²) in [7, 11) is -2.54. The van der Waals surface area contributed by atoms with Crippen LogP contribution in [0.15, 0.2) is 53.4 Å². The third-order valence-electron chi connectivity index (χ3n) is 3.62. The molecule has 2 aromatic carbocycles. The molecule has 0 aromatic heterocycles. The zero-order chi connectivity index (χ0) is 19.2. The Labute approximate surface area is 152 Å². The molecule has 140 valence electrons. The van der Waals surface area contributed by atoms with Crippen LogP contribution in [0.4, 0.5) is 10.1 Å². The van der Waals surface area contributed by atoms with Crippen molar-refractivity contribution in [1.82, 2.24) is 5.32 Å². The molecule has 0 aliphatic rings. The largest absolute Gasteiger partial charge is 0.497 e. The summed E-state index contributed by atoms with van der Waals surface area (Å²) in [6.07, 6.45) is 0.730. The minimum absolute atomic E-state index is 0.00548. The lowest BCUT2D eigenvalue weighted by Crippen LogP contribution is -2.41. The van der Waals surface area contributed by atoms with Crippen molar-refractivity contribution in [2.45, 2.75) is 18.2 Å². The van der Waals surface area contributed by atoms with E-state index in [4.69, 9.17) is 4.74 Å². The van der Waals surface area contributed by atoms with Crippen LogP contribution in [0.2, 0.25) is 0 Å². The maximum atomic E-state index is 13.2. The standard InChI is InChI=1S/C18H21FN2O4S/c1-3-12-20-18(22)13-21(15-6-4-14(19)5-7-15)26(23,24)17-10-8-16(25-2)9-11-17/h4-11H,3,12-13H2,1-2H3,(H,20,22). The smallest absolute Gasteiger partial charge is 0.264 e. The monoisotopic (exact) mass is 380 g/mol. The Morgan fingerprint density at radius 2 is 1.73 bits per heavy atom. The van der Waals surface area contributed by atoms with Gasteiger partial charge in [-0.25, -0.2) is 12.8 Å². The predicted octanol–water partition coefficient (Wildman–Crippen LogP) is 2.56. The molecule has 8 heteroatoms. The highest BCUT2D eigenvalue weighted by Gasteiger charge is 2.27. The summed E-state index contributed by atoms with van der Waals surface area (Å²) in [6, 6.07) is 10.8. The van der Waals surface area contributed by atoms with Gasteiger partial charge in [0.2, 0.25) is 5.91 Å². The second kappa shape index (κ2) is 8.66. The number of hydrogen-bond acceptors (Lipinski definition) is 4. The van der Waals surface area contributed by atoms with Gasteiger partial charge in [0.05, 0.1) is 17.7 Å². The maximum absolute atomic E-state index is 13.2.